The number of fused-ring (bicyclic) bond motifs is 3. The van der Waals surface area contributed by atoms with Crippen LogP contribution in [-0.2, 0) is 12.0 Å². The summed E-state index contributed by atoms with van der Waals surface area (Å²) in [6, 6.07) is 25.7. The molecule has 0 bridgehead atoms. The molecule has 0 amide bonds. The molecule has 2 heteroatoms. The standard InChI is InChI=1S/C23H24N2/c1-23(2)20-11-7-6-10-18(20)19-13-12-16(14-21(19)23)15-25-22(24)17-8-4-3-5-9-17/h3-14,22,25H,15,24H2,1-2H3. The first-order chi connectivity index (χ1) is 12.1. The quantitative estimate of drug-likeness (QED) is 0.679. The Labute approximate surface area is 149 Å². The second-order valence-electron chi connectivity index (χ2n) is 7.32. The smallest absolute Gasteiger partial charge is 0.0812 e. The predicted octanol–water partition coefficient (Wildman–Crippen LogP) is 4.74. The fourth-order valence-corrected chi connectivity index (χ4v) is 3.87. The molecule has 0 spiro atoms. The van der Waals surface area contributed by atoms with E-state index >= 15 is 0 Å². The van der Waals surface area contributed by atoms with Crippen molar-refractivity contribution >= 4 is 0 Å². The Kier molecular flexibility index (Phi) is 3.95. The average Bonchev–Trinajstić information content (AvgIpc) is 2.88. The molecule has 25 heavy (non-hydrogen) atoms. The van der Waals surface area contributed by atoms with Crippen molar-refractivity contribution in [2.75, 3.05) is 0 Å². The van der Waals surface area contributed by atoms with Crippen LogP contribution in [0.1, 0.15) is 42.3 Å². The molecule has 0 saturated heterocycles. The van der Waals surface area contributed by atoms with Crippen LogP contribution in [0.15, 0.2) is 72.8 Å². The molecule has 0 saturated carbocycles. The molecule has 1 atom stereocenters. The molecule has 1 unspecified atom stereocenters. The summed E-state index contributed by atoms with van der Waals surface area (Å²) in [7, 11) is 0. The van der Waals surface area contributed by atoms with Crippen molar-refractivity contribution in [1.29, 1.82) is 0 Å². The van der Waals surface area contributed by atoms with Crippen LogP contribution >= 0.6 is 0 Å². The minimum absolute atomic E-state index is 0.0451. The third kappa shape index (κ3) is 2.78. The lowest BCUT2D eigenvalue weighted by atomic mass is 9.82. The molecule has 3 aromatic rings. The van der Waals surface area contributed by atoms with Gasteiger partial charge < -0.3 is 5.73 Å². The highest BCUT2D eigenvalue weighted by atomic mass is 15.0. The van der Waals surface area contributed by atoms with Crippen molar-refractivity contribution < 1.29 is 0 Å². The van der Waals surface area contributed by atoms with E-state index in [4.69, 9.17) is 5.73 Å². The lowest BCUT2D eigenvalue weighted by molar-refractivity contribution is 0.551. The number of hydrogen-bond donors (Lipinski definition) is 2. The molecule has 0 fully saturated rings. The Hall–Kier alpha value is -2.42. The minimum atomic E-state index is -0.153. The normalized spacial score (nSPS) is 15.5. The van der Waals surface area contributed by atoms with Crippen molar-refractivity contribution in [3.05, 3.63) is 95.1 Å². The zero-order valence-corrected chi connectivity index (χ0v) is 14.8. The van der Waals surface area contributed by atoms with E-state index in [-0.39, 0.29) is 11.6 Å². The third-order valence-corrected chi connectivity index (χ3v) is 5.33. The van der Waals surface area contributed by atoms with E-state index in [2.05, 4.69) is 73.8 Å². The highest BCUT2D eigenvalue weighted by Crippen LogP contribution is 2.48. The lowest BCUT2D eigenvalue weighted by Crippen LogP contribution is -2.28. The Bertz CT molecular complexity index is 897. The Morgan fingerprint density at radius 2 is 1.52 bits per heavy atom. The van der Waals surface area contributed by atoms with E-state index in [1.54, 1.807) is 0 Å². The Morgan fingerprint density at radius 1 is 0.840 bits per heavy atom. The van der Waals surface area contributed by atoms with Crippen LogP contribution in [0.2, 0.25) is 0 Å². The molecule has 3 N–H and O–H groups in total. The van der Waals surface area contributed by atoms with Crippen LogP contribution in [0.5, 0.6) is 0 Å². The molecule has 126 valence electrons. The van der Waals surface area contributed by atoms with E-state index in [1.165, 1.54) is 27.8 Å². The maximum Gasteiger partial charge on any atom is 0.0812 e. The van der Waals surface area contributed by atoms with Gasteiger partial charge in [0, 0.05) is 12.0 Å². The second-order valence-corrected chi connectivity index (χ2v) is 7.32. The van der Waals surface area contributed by atoms with Gasteiger partial charge in [0.25, 0.3) is 0 Å². The maximum atomic E-state index is 6.27. The SMILES string of the molecule is CC1(C)c2ccccc2-c2ccc(CNC(N)c3ccccc3)cc21. The summed E-state index contributed by atoms with van der Waals surface area (Å²) >= 11 is 0. The summed E-state index contributed by atoms with van der Waals surface area (Å²) in [4.78, 5) is 0. The topological polar surface area (TPSA) is 38.0 Å². The first-order valence-corrected chi connectivity index (χ1v) is 8.84. The molecular weight excluding hydrogens is 304 g/mol. The van der Waals surface area contributed by atoms with E-state index in [9.17, 15) is 0 Å². The molecule has 0 radical (unpaired) electrons. The number of benzene rings is 3. The van der Waals surface area contributed by atoms with Gasteiger partial charge in [0.1, 0.15) is 0 Å². The number of nitrogens with two attached hydrogens (primary N) is 1. The maximum absolute atomic E-state index is 6.27. The van der Waals surface area contributed by atoms with Gasteiger partial charge in [0.2, 0.25) is 0 Å². The summed E-state index contributed by atoms with van der Waals surface area (Å²) in [5.74, 6) is 0. The fraction of sp³-hybridized carbons (Fsp3) is 0.217. The second kappa shape index (κ2) is 6.14. The molecular formula is C23H24N2. The molecule has 0 aliphatic heterocycles. The minimum Gasteiger partial charge on any atom is -0.312 e. The Balaban J connectivity index is 1.58. The van der Waals surface area contributed by atoms with Gasteiger partial charge in [-0.25, -0.2) is 0 Å². The molecule has 1 aliphatic carbocycles. The monoisotopic (exact) mass is 328 g/mol. The van der Waals surface area contributed by atoms with Crippen molar-refractivity contribution in [1.82, 2.24) is 5.32 Å². The van der Waals surface area contributed by atoms with Gasteiger partial charge in [-0.3, -0.25) is 5.32 Å². The zero-order chi connectivity index (χ0) is 17.4. The van der Waals surface area contributed by atoms with Crippen molar-refractivity contribution in [3.63, 3.8) is 0 Å². The van der Waals surface area contributed by atoms with Crippen LogP contribution in [-0.4, -0.2) is 0 Å². The predicted molar refractivity (Wildman–Crippen MR) is 104 cm³/mol. The van der Waals surface area contributed by atoms with Gasteiger partial charge in [-0.2, -0.15) is 0 Å². The largest absolute Gasteiger partial charge is 0.312 e. The molecule has 0 aromatic heterocycles. The molecule has 2 nitrogen and oxygen atoms in total. The average molecular weight is 328 g/mol. The lowest BCUT2D eigenvalue weighted by Gasteiger charge is -2.22. The summed E-state index contributed by atoms with van der Waals surface area (Å²) in [5, 5.41) is 3.43. The van der Waals surface area contributed by atoms with Gasteiger partial charge in [0.15, 0.2) is 0 Å². The fourth-order valence-electron chi connectivity index (χ4n) is 3.87. The first-order valence-electron chi connectivity index (χ1n) is 8.84. The summed E-state index contributed by atoms with van der Waals surface area (Å²) in [5.41, 5.74) is 14.2. The first kappa shape index (κ1) is 16.1. The zero-order valence-electron chi connectivity index (χ0n) is 14.8. The third-order valence-electron chi connectivity index (χ3n) is 5.33. The van der Waals surface area contributed by atoms with Gasteiger partial charge in [-0.15, -0.1) is 0 Å². The van der Waals surface area contributed by atoms with Crippen molar-refractivity contribution in [3.8, 4) is 11.1 Å². The summed E-state index contributed by atoms with van der Waals surface area (Å²) < 4.78 is 0. The highest BCUT2D eigenvalue weighted by molar-refractivity contribution is 5.80. The van der Waals surface area contributed by atoms with Crippen LogP contribution in [0.25, 0.3) is 11.1 Å². The highest BCUT2D eigenvalue weighted by Gasteiger charge is 2.34. The Morgan fingerprint density at radius 3 is 2.32 bits per heavy atom. The van der Waals surface area contributed by atoms with Crippen LogP contribution < -0.4 is 11.1 Å². The van der Waals surface area contributed by atoms with Crippen molar-refractivity contribution in [2.24, 2.45) is 5.73 Å². The molecule has 3 aromatic carbocycles. The van der Waals surface area contributed by atoms with E-state index in [0.29, 0.717) is 0 Å². The molecule has 1 aliphatic rings. The van der Waals surface area contributed by atoms with Gasteiger partial charge in [-0.05, 0) is 33.4 Å². The van der Waals surface area contributed by atoms with Gasteiger partial charge >= 0.3 is 0 Å². The number of nitrogens with one attached hydrogen (secondary N) is 1. The van der Waals surface area contributed by atoms with Crippen LogP contribution in [0.3, 0.4) is 0 Å². The summed E-state index contributed by atoms with van der Waals surface area (Å²) in [6.45, 7) is 5.38. The number of hydrogen-bond acceptors (Lipinski definition) is 2. The van der Waals surface area contributed by atoms with Gasteiger partial charge in [0.05, 0.1) is 6.17 Å². The van der Waals surface area contributed by atoms with Crippen molar-refractivity contribution in [2.45, 2.75) is 32.0 Å². The molecule has 4 rings (SSSR count). The number of rotatable bonds is 4. The van der Waals surface area contributed by atoms with E-state index in [0.717, 1.165) is 12.1 Å². The van der Waals surface area contributed by atoms with Gasteiger partial charge in [-0.1, -0.05) is 86.6 Å². The van der Waals surface area contributed by atoms with Crippen LogP contribution in [0.4, 0.5) is 0 Å². The van der Waals surface area contributed by atoms with E-state index < -0.39 is 0 Å². The molecule has 0 heterocycles. The van der Waals surface area contributed by atoms with E-state index in [1.807, 2.05) is 18.2 Å². The summed E-state index contributed by atoms with van der Waals surface area (Å²) in [6.07, 6.45) is -0.153. The van der Waals surface area contributed by atoms with Crippen LogP contribution in [0, 0.1) is 0 Å².